The van der Waals surface area contributed by atoms with E-state index < -0.39 is 0 Å². The van der Waals surface area contributed by atoms with E-state index in [0.29, 0.717) is 6.04 Å². The molecule has 1 aromatic carbocycles. The van der Waals surface area contributed by atoms with Crippen LogP contribution in [0, 0.1) is 0 Å². The van der Waals surface area contributed by atoms with Crippen molar-refractivity contribution in [1.29, 1.82) is 0 Å². The topological polar surface area (TPSA) is 45.5 Å². The summed E-state index contributed by atoms with van der Waals surface area (Å²) in [6.07, 6.45) is 2.17. The molecule has 0 radical (unpaired) electrons. The molecule has 1 N–H and O–H groups in total. The van der Waals surface area contributed by atoms with Crippen molar-refractivity contribution in [2.75, 3.05) is 20.1 Å². The number of benzene rings is 1. The number of likely N-dealkylation sites (tertiary alicyclic amines) is 1. The highest BCUT2D eigenvalue weighted by molar-refractivity contribution is 5.86. The van der Waals surface area contributed by atoms with Gasteiger partial charge in [0.1, 0.15) is 11.3 Å². The summed E-state index contributed by atoms with van der Waals surface area (Å²) in [5.74, 6) is 0.706. The van der Waals surface area contributed by atoms with E-state index in [0.717, 1.165) is 42.7 Å². The number of fused-ring (bicyclic) bond motifs is 1. The Bertz CT molecular complexity index is 607. The summed E-state index contributed by atoms with van der Waals surface area (Å²) >= 11 is 0. The molecular weight excluding hydrogens is 300 g/mol. The standard InChI is InChI=1S/C17H22N2O2.ClH/c1-12(16-10-13-6-3-4-8-15(13)21-16)17(20)19-9-5-7-14(19)11-18-2;/h3-4,6,8,10,12,14,18H,5,7,9,11H2,1-2H3;1H. The summed E-state index contributed by atoms with van der Waals surface area (Å²) < 4.78 is 5.84. The molecule has 2 unspecified atom stereocenters. The maximum Gasteiger partial charge on any atom is 0.233 e. The second kappa shape index (κ2) is 7.16. The smallest absolute Gasteiger partial charge is 0.233 e. The van der Waals surface area contributed by atoms with Crippen molar-refractivity contribution in [3.8, 4) is 0 Å². The van der Waals surface area contributed by atoms with Crippen molar-refractivity contribution >= 4 is 29.3 Å². The van der Waals surface area contributed by atoms with Crippen molar-refractivity contribution in [2.45, 2.75) is 31.7 Å². The summed E-state index contributed by atoms with van der Waals surface area (Å²) in [7, 11) is 1.93. The lowest BCUT2D eigenvalue weighted by Gasteiger charge is -2.26. The number of nitrogens with one attached hydrogen (secondary N) is 1. The Morgan fingerprint density at radius 2 is 2.23 bits per heavy atom. The molecular formula is C17H23ClN2O2. The molecule has 2 aromatic rings. The first-order chi connectivity index (χ1) is 10.2. The van der Waals surface area contributed by atoms with Gasteiger partial charge in [-0.2, -0.15) is 0 Å². The average Bonchev–Trinajstić information content (AvgIpc) is 3.12. The van der Waals surface area contributed by atoms with E-state index in [4.69, 9.17) is 4.42 Å². The van der Waals surface area contributed by atoms with Crippen LogP contribution in [-0.2, 0) is 4.79 Å². The van der Waals surface area contributed by atoms with Crippen LogP contribution in [0.5, 0.6) is 0 Å². The Morgan fingerprint density at radius 3 is 2.95 bits per heavy atom. The van der Waals surface area contributed by atoms with Gasteiger partial charge < -0.3 is 14.6 Å². The minimum absolute atomic E-state index is 0. The van der Waals surface area contributed by atoms with Gasteiger partial charge in [-0.25, -0.2) is 0 Å². The van der Waals surface area contributed by atoms with E-state index in [9.17, 15) is 4.79 Å². The molecule has 5 heteroatoms. The number of rotatable bonds is 4. The summed E-state index contributed by atoms with van der Waals surface area (Å²) in [6.45, 7) is 3.66. The van der Waals surface area contributed by atoms with Gasteiger partial charge in [0, 0.05) is 24.5 Å². The van der Waals surface area contributed by atoms with E-state index in [1.54, 1.807) is 0 Å². The molecule has 0 aliphatic carbocycles. The Labute approximate surface area is 137 Å². The molecule has 120 valence electrons. The molecule has 3 rings (SSSR count). The molecule has 1 fully saturated rings. The van der Waals surface area contributed by atoms with Crippen molar-refractivity contribution in [1.82, 2.24) is 10.2 Å². The number of halogens is 1. The predicted octanol–water partition coefficient (Wildman–Crippen LogP) is 3.17. The number of likely N-dealkylation sites (N-methyl/N-ethyl adjacent to an activating group) is 1. The molecule has 22 heavy (non-hydrogen) atoms. The first kappa shape index (κ1) is 16.8. The van der Waals surface area contributed by atoms with Crippen LogP contribution in [0.25, 0.3) is 11.0 Å². The fourth-order valence-electron chi connectivity index (χ4n) is 3.16. The fourth-order valence-corrected chi connectivity index (χ4v) is 3.16. The molecule has 0 saturated carbocycles. The maximum atomic E-state index is 12.7. The quantitative estimate of drug-likeness (QED) is 0.940. The molecule has 0 bridgehead atoms. The van der Waals surface area contributed by atoms with Gasteiger partial charge >= 0.3 is 0 Å². The van der Waals surface area contributed by atoms with Crippen LogP contribution < -0.4 is 5.32 Å². The van der Waals surface area contributed by atoms with Crippen LogP contribution in [0.15, 0.2) is 34.7 Å². The molecule has 1 aromatic heterocycles. The van der Waals surface area contributed by atoms with Gasteiger partial charge in [0.2, 0.25) is 5.91 Å². The summed E-state index contributed by atoms with van der Waals surface area (Å²) in [5.41, 5.74) is 0.848. The zero-order valence-corrected chi connectivity index (χ0v) is 13.9. The van der Waals surface area contributed by atoms with E-state index in [1.165, 1.54) is 0 Å². The molecule has 2 atom stereocenters. The van der Waals surface area contributed by atoms with Crippen molar-refractivity contribution in [2.24, 2.45) is 0 Å². The van der Waals surface area contributed by atoms with Gasteiger partial charge in [-0.3, -0.25) is 4.79 Å². The van der Waals surface area contributed by atoms with E-state index in [-0.39, 0.29) is 24.2 Å². The van der Waals surface area contributed by atoms with Gasteiger partial charge in [-0.05, 0) is 38.9 Å². The zero-order chi connectivity index (χ0) is 14.8. The van der Waals surface area contributed by atoms with E-state index in [2.05, 4.69) is 5.32 Å². The van der Waals surface area contributed by atoms with Crippen LogP contribution in [0.4, 0.5) is 0 Å². The molecule has 4 nitrogen and oxygen atoms in total. The largest absolute Gasteiger partial charge is 0.460 e. The van der Waals surface area contributed by atoms with Crippen molar-refractivity contribution < 1.29 is 9.21 Å². The molecule has 1 aliphatic heterocycles. The Hall–Kier alpha value is -1.52. The van der Waals surface area contributed by atoms with Crippen LogP contribution in [0.2, 0.25) is 0 Å². The summed E-state index contributed by atoms with van der Waals surface area (Å²) in [5, 5.41) is 4.23. The van der Waals surface area contributed by atoms with Crippen LogP contribution in [0.1, 0.15) is 31.4 Å². The van der Waals surface area contributed by atoms with Crippen molar-refractivity contribution in [3.05, 3.63) is 36.1 Å². The molecule has 1 saturated heterocycles. The number of carbonyl (C=O) groups excluding carboxylic acids is 1. The third kappa shape index (κ3) is 3.13. The molecule has 1 amide bonds. The van der Waals surface area contributed by atoms with Crippen LogP contribution in [-0.4, -0.2) is 37.0 Å². The van der Waals surface area contributed by atoms with Gasteiger partial charge in [-0.15, -0.1) is 12.4 Å². The number of amides is 1. The first-order valence-corrected chi connectivity index (χ1v) is 7.64. The van der Waals surface area contributed by atoms with Crippen LogP contribution in [0.3, 0.4) is 0 Å². The minimum Gasteiger partial charge on any atom is -0.460 e. The highest BCUT2D eigenvalue weighted by Gasteiger charge is 2.32. The number of carbonyl (C=O) groups is 1. The third-order valence-corrected chi connectivity index (χ3v) is 4.34. The molecule has 0 spiro atoms. The summed E-state index contributed by atoms with van der Waals surface area (Å²) in [4.78, 5) is 14.8. The SMILES string of the molecule is CNCC1CCCN1C(=O)C(C)c1cc2ccccc2o1.Cl. The van der Waals surface area contributed by atoms with E-state index >= 15 is 0 Å². The fraction of sp³-hybridized carbons (Fsp3) is 0.471. The van der Waals surface area contributed by atoms with Crippen LogP contribution >= 0.6 is 12.4 Å². The second-order valence-electron chi connectivity index (χ2n) is 5.79. The Kier molecular flexibility index (Phi) is 5.48. The third-order valence-electron chi connectivity index (χ3n) is 4.34. The second-order valence-corrected chi connectivity index (χ2v) is 5.79. The number of nitrogens with zero attached hydrogens (tertiary/aromatic N) is 1. The lowest BCUT2D eigenvalue weighted by atomic mass is 10.1. The number of furan rings is 1. The number of para-hydroxylation sites is 1. The van der Waals surface area contributed by atoms with Gasteiger partial charge in [-0.1, -0.05) is 18.2 Å². The lowest BCUT2D eigenvalue weighted by molar-refractivity contribution is -0.133. The highest BCUT2D eigenvalue weighted by atomic mass is 35.5. The molecule has 2 heterocycles. The highest BCUT2D eigenvalue weighted by Crippen LogP contribution is 2.28. The average molecular weight is 323 g/mol. The summed E-state index contributed by atoms with van der Waals surface area (Å²) in [6, 6.07) is 10.2. The van der Waals surface area contributed by atoms with Gasteiger partial charge in [0.05, 0.1) is 5.92 Å². The van der Waals surface area contributed by atoms with Crippen molar-refractivity contribution in [3.63, 3.8) is 0 Å². The van der Waals surface area contributed by atoms with E-state index in [1.807, 2.05) is 49.2 Å². The molecule has 1 aliphatic rings. The van der Waals surface area contributed by atoms with Gasteiger partial charge in [0.25, 0.3) is 0 Å². The predicted molar refractivity (Wildman–Crippen MR) is 90.5 cm³/mol. The Balaban J connectivity index is 0.00000176. The normalized spacial score (nSPS) is 19.2. The zero-order valence-electron chi connectivity index (χ0n) is 13.0. The minimum atomic E-state index is -0.227. The lowest BCUT2D eigenvalue weighted by Crippen LogP contribution is -2.42. The maximum absolute atomic E-state index is 12.7. The Morgan fingerprint density at radius 1 is 1.45 bits per heavy atom. The first-order valence-electron chi connectivity index (χ1n) is 7.64. The van der Waals surface area contributed by atoms with Gasteiger partial charge in [0.15, 0.2) is 0 Å². The number of hydrogen-bond acceptors (Lipinski definition) is 3. The number of hydrogen-bond donors (Lipinski definition) is 1. The monoisotopic (exact) mass is 322 g/mol.